The van der Waals surface area contributed by atoms with E-state index in [0.29, 0.717) is 21.4 Å². The van der Waals surface area contributed by atoms with Crippen LogP contribution in [-0.2, 0) is 0 Å². The number of benzene rings is 2. The van der Waals surface area contributed by atoms with Gasteiger partial charge in [0.1, 0.15) is 0 Å². The van der Waals surface area contributed by atoms with Gasteiger partial charge in [0, 0.05) is 32.5 Å². The van der Waals surface area contributed by atoms with Crippen LogP contribution in [0, 0.1) is 0 Å². The van der Waals surface area contributed by atoms with Gasteiger partial charge in [-0.2, -0.15) is 0 Å². The topological polar surface area (TPSA) is 84.9 Å². The van der Waals surface area contributed by atoms with Gasteiger partial charge in [-0.1, -0.05) is 23.2 Å². The van der Waals surface area contributed by atoms with Crippen molar-refractivity contribution in [1.29, 1.82) is 0 Å². The maximum absolute atomic E-state index is 12.8. The zero-order chi connectivity index (χ0) is 19.6. The molecule has 2 aromatic carbocycles. The predicted octanol–water partition coefficient (Wildman–Crippen LogP) is 3.85. The standard InChI is InChI=1S/C19H16Cl2N4O3/c20-9-1-3-14-12(5-9)16-17-13-6-10(21)2-4-15(13)23-19(28)25(17)8-11(26)7-24(16)18(27)22-14/h1-6,11,16-17,26H,7-8H2,(H,22,27)(H,23,28)/t11?,16-,17+. The number of urea groups is 2. The molecular weight excluding hydrogens is 403 g/mol. The second-order valence-electron chi connectivity index (χ2n) is 7.17. The molecule has 0 spiro atoms. The van der Waals surface area contributed by atoms with E-state index in [-0.39, 0.29) is 25.2 Å². The van der Waals surface area contributed by atoms with E-state index in [2.05, 4.69) is 10.6 Å². The van der Waals surface area contributed by atoms with Crippen LogP contribution in [0.1, 0.15) is 23.2 Å². The number of amides is 4. The van der Waals surface area contributed by atoms with Crippen molar-refractivity contribution in [2.24, 2.45) is 0 Å². The number of aliphatic hydroxyl groups excluding tert-OH is 1. The third-order valence-electron chi connectivity index (χ3n) is 5.45. The first-order chi connectivity index (χ1) is 13.4. The number of nitrogens with zero attached hydrogens (tertiary/aromatic N) is 2. The number of aliphatic hydroxyl groups is 1. The van der Waals surface area contributed by atoms with Gasteiger partial charge >= 0.3 is 12.1 Å². The molecular formula is C19H16Cl2N4O3. The molecule has 3 heterocycles. The number of hydrogen-bond donors (Lipinski definition) is 3. The Morgan fingerprint density at radius 3 is 1.68 bits per heavy atom. The minimum Gasteiger partial charge on any atom is -0.389 e. The Morgan fingerprint density at radius 2 is 1.25 bits per heavy atom. The summed E-state index contributed by atoms with van der Waals surface area (Å²) in [5, 5.41) is 17.3. The normalized spacial score (nSPS) is 25.6. The summed E-state index contributed by atoms with van der Waals surface area (Å²) in [5.74, 6) is 0. The Hall–Kier alpha value is -2.48. The number of carbonyl (C=O) groups is 2. The maximum Gasteiger partial charge on any atom is 0.322 e. The van der Waals surface area contributed by atoms with Crippen molar-refractivity contribution in [2.45, 2.75) is 18.2 Å². The van der Waals surface area contributed by atoms with Crippen LogP contribution in [-0.4, -0.2) is 46.2 Å². The molecule has 7 nitrogen and oxygen atoms in total. The Bertz CT molecular complexity index is 935. The summed E-state index contributed by atoms with van der Waals surface area (Å²) in [6.07, 6.45) is -0.884. The van der Waals surface area contributed by atoms with Crippen LogP contribution in [0.15, 0.2) is 36.4 Å². The molecule has 2 aromatic rings. The van der Waals surface area contributed by atoms with E-state index in [9.17, 15) is 14.7 Å². The summed E-state index contributed by atoms with van der Waals surface area (Å²) >= 11 is 12.5. The lowest BCUT2D eigenvalue weighted by Crippen LogP contribution is -2.49. The molecule has 3 atom stereocenters. The summed E-state index contributed by atoms with van der Waals surface area (Å²) in [6.45, 7) is 0.192. The molecule has 9 heteroatoms. The van der Waals surface area contributed by atoms with Crippen LogP contribution in [0.2, 0.25) is 10.0 Å². The third kappa shape index (κ3) is 2.62. The van der Waals surface area contributed by atoms with Gasteiger partial charge in [0.05, 0.1) is 31.3 Å². The SMILES string of the molecule is O=C1Nc2ccc(Cl)cc2[C@@H]2[C@@H]3c4cc(Cl)ccc4NC(=O)N3CC(O)CN12. The van der Waals surface area contributed by atoms with E-state index in [1.807, 2.05) is 0 Å². The molecule has 3 aliphatic heterocycles. The van der Waals surface area contributed by atoms with Gasteiger partial charge in [-0.05, 0) is 36.4 Å². The third-order valence-corrected chi connectivity index (χ3v) is 5.93. The second-order valence-corrected chi connectivity index (χ2v) is 8.04. The van der Waals surface area contributed by atoms with Crippen LogP contribution >= 0.6 is 23.2 Å². The quantitative estimate of drug-likeness (QED) is 0.607. The molecule has 1 fully saturated rings. The molecule has 4 amide bonds. The first kappa shape index (κ1) is 17.6. The highest BCUT2D eigenvalue weighted by molar-refractivity contribution is 6.31. The zero-order valence-corrected chi connectivity index (χ0v) is 16.0. The number of fused-ring (bicyclic) bond motifs is 7. The lowest BCUT2D eigenvalue weighted by atomic mass is 9.87. The number of nitrogens with one attached hydrogen (secondary N) is 2. The molecule has 28 heavy (non-hydrogen) atoms. The van der Waals surface area contributed by atoms with Crippen LogP contribution in [0.25, 0.3) is 0 Å². The van der Waals surface area contributed by atoms with Gasteiger partial charge in [0.15, 0.2) is 0 Å². The molecule has 0 aliphatic carbocycles. The summed E-state index contributed by atoms with van der Waals surface area (Å²) in [6, 6.07) is 8.83. The Balaban J connectivity index is 1.77. The van der Waals surface area contributed by atoms with Crippen molar-refractivity contribution in [3.8, 4) is 0 Å². The molecule has 5 rings (SSSR count). The van der Waals surface area contributed by atoms with Crippen LogP contribution in [0.4, 0.5) is 21.0 Å². The Labute approximate surface area is 170 Å². The fourth-order valence-electron chi connectivity index (χ4n) is 4.33. The number of carbonyl (C=O) groups excluding carboxylic acids is 2. The molecule has 0 aromatic heterocycles. The van der Waals surface area contributed by atoms with Crippen LogP contribution in [0.3, 0.4) is 0 Å². The fraction of sp³-hybridized carbons (Fsp3) is 0.263. The van der Waals surface area contributed by atoms with Crippen LogP contribution in [0.5, 0.6) is 0 Å². The van der Waals surface area contributed by atoms with E-state index in [1.54, 1.807) is 46.2 Å². The van der Waals surface area contributed by atoms with Crippen LogP contribution < -0.4 is 10.6 Å². The minimum absolute atomic E-state index is 0.0959. The van der Waals surface area contributed by atoms with Crippen molar-refractivity contribution in [2.75, 3.05) is 23.7 Å². The van der Waals surface area contributed by atoms with Crippen molar-refractivity contribution in [3.05, 3.63) is 57.6 Å². The number of anilines is 2. The van der Waals surface area contributed by atoms with Crippen molar-refractivity contribution in [3.63, 3.8) is 0 Å². The van der Waals surface area contributed by atoms with Gasteiger partial charge in [0.2, 0.25) is 0 Å². The van der Waals surface area contributed by atoms with E-state index >= 15 is 0 Å². The lowest BCUT2D eigenvalue weighted by molar-refractivity contribution is 0.116. The molecule has 0 bridgehead atoms. The highest BCUT2D eigenvalue weighted by Gasteiger charge is 2.48. The lowest BCUT2D eigenvalue weighted by Gasteiger charge is -2.45. The molecule has 0 radical (unpaired) electrons. The van der Waals surface area contributed by atoms with Gasteiger partial charge in [-0.3, -0.25) is 0 Å². The second kappa shape index (κ2) is 6.27. The van der Waals surface area contributed by atoms with Gasteiger partial charge < -0.3 is 25.5 Å². The highest BCUT2D eigenvalue weighted by Crippen LogP contribution is 2.49. The summed E-state index contributed by atoms with van der Waals surface area (Å²) in [7, 11) is 0. The monoisotopic (exact) mass is 418 g/mol. The zero-order valence-electron chi connectivity index (χ0n) is 14.5. The summed E-state index contributed by atoms with van der Waals surface area (Å²) in [5.41, 5.74) is 2.86. The molecule has 3 N–H and O–H groups in total. The Kier molecular flexibility index (Phi) is 3.94. The number of halogens is 2. The molecule has 1 saturated heterocycles. The van der Waals surface area contributed by atoms with Gasteiger partial charge in [-0.25, -0.2) is 9.59 Å². The maximum atomic E-state index is 12.8. The number of hydrogen-bond acceptors (Lipinski definition) is 3. The largest absolute Gasteiger partial charge is 0.389 e. The Morgan fingerprint density at radius 1 is 0.821 bits per heavy atom. The smallest absolute Gasteiger partial charge is 0.322 e. The van der Waals surface area contributed by atoms with E-state index < -0.39 is 18.2 Å². The molecule has 3 aliphatic rings. The fourth-order valence-corrected chi connectivity index (χ4v) is 4.69. The average molecular weight is 419 g/mol. The van der Waals surface area contributed by atoms with Crippen molar-refractivity contribution in [1.82, 2.24) is 9.80 Å². The average Bonchev–Trinajstić information content (AvgIpc) is 2.81. The van der Waals surface area contributed by atoms with E-state index in [4.69, 9.17) is 23.2 Å². The predicted molar refractivity (Wildman–Crippen MR) is 106 cm³/mol. The first-order valence-electron chi connectivity index (χ1n) is 8.84. The summed E-state index contributed by atoms with van der Waals surface area (Å²) in [4.78, 5) is 28.8. The molecule has 144 valence electrons. The number of rotatable bonds is 0. The first-order valence-corrected chi connectivity index (χ1v) is 9.60. The molecule has 1 unspecified atom stereocenters. The minimum atomic E-state index is -0.884. The van der Waals surface area contributed by atoms with E-state index in [1.165, 1.54) is 0 Å². The van der Waals surface area contributed by atoms with Crippen molar-refractivity contribution >= 4 is 46.6 Å². The highest BCUT2D eigenvalue weighted by atomic mass is 35.5. The molecule has 0 saturated carbocycles. The summed E-state index contributed by atoms with van der Waals surface area (Å²) < 4.78 is 0. The van der Waals surface area contributed by atoms with E-state index in [0.717, 1.165) is 11.1 Å². The van der Waals surface area contributed by atoms with Crippen molar-refractivity contribution < 1.29 is 14.7 Å². The van der Waals surface area contributed by atoms with Gasteiger partial charge in [0.25, 0.3) is 0 Å². The van der Waals surface area contributed by atoms with Gasteiger partial charge in [-0.15, -0.1) is 0 Å².